The maximum atomic E-state index is 12.8. The summed E-state index contributed by atoms with van der Waals surface area (Å²) < 4.78 is 38.8. The Morgan fingerprint density at radius 1 is 1.48 bits per heavy atom. The molecule has 0 bridgehead atoms. The van der Waals surface area contributed by atoms with E-state index in [-0.39, 0.29) is 5.56 Å². The van der Waals surface area contributed by atoms with Crippen molar-refractivity contribution in [3.63, 3.8) is 0 Å². The normalized spacial score (nSPS) is 14.5. The van der Waals surface area contributed by atoms with Gasteiger partial charge < -0.3 is 5.11 Å². The first-order valence-electron chi connectivity index (χ1n) is 5.47. The second kappa shape index (κ2) is 5.98. The van der Waals surface area contributed by atoms with Gasteiger partial charge in [-0.05, 0) is 19.1 Å². The lowest BCUT2D eigenvalue weighted by Crippen LogP contribution is -2.59. The molecule has 0 aliphatic carbocycles. The van der Waals surface area contributed by atoms with Crippen LogP contribution in [0, 0.1) is 10.1 Å². The largest absolute Gasteiger partial charge is 0.480 e. The Morgan fingerprint density at radius 3 is 2.48 bits per heavy atom. The molecule has 1 aromatic carbocycles. The van der Waals surface area contributed by atoms with Gasteiger partial charge in [0.05, 0.1) is 4.92 Å². The van der Waals surface area contributed by atoms with Crippen molar-refractivity contribution in [2.45, 2.75) is 25.2 Å². The SMILES string of the molecule is CC(NCc1ccc(Br)cc1[N+](=O)[O-])(C(=O)O)C(F)(F)F. The van der Waals surface area contributed by atoms with Crippen LogP contribution in [0.1, 0.15) is 12.5 Å². The molecule has 10 heteroatoms. The number of benzene rings is 1. The van der Waals surface area contributed by atoms with Crippen molar-refractivity contribution >= 4 is 27.6 Å². The van der Waals surface area contributed by atoms with Gasteiger partial charge in [0, 0.05) is 22.6 Å². The van der Waals surface area contributed by atoms with E-state index in [0.29, 0.717) is 11.4 Å². The molecular weight excluding hydrogens is 361 g/mol. The molecule has 0 aromatic heterocycles. The van der Waals surface area contributed by atoms with E-state index in [0.717, 1.165) is 6.07 Å². The quantitative estimate of drug-likeness (QED) is 0.614. The second-order valence-electron chi connectivity index (χ2n) is 4.31. The van der Waals surface area contributed by atoms with Crippen molar-refractivity contribution in [1.82, 2.24) is 5.32 Å². The standard InChI is InChI=1S/C11H10BrF3N2O4/c1-10(9(18)19,11(13,14)15)16-5-6-2-3-7(12)4-8(6)17(20)21/h2-4,16H,5H2,1H3,(H,18,19). The highest BCUT2D eigenvalue weighted by molar-refractivity contribution is 9.10. The van der Waals surface area contributed by atoms with Gasteiger partial charge >= 0.3 is 12.1 Å². The van der Waals surface area contributed by atoms with Gasteiger partial charge in [0.1, 0.15) is 0 Å². The van der Waals surface area contributed by atoms with E-state index in [4.69, 9.17) is 5.11 Å². The zero-order chi connectivity index (χ0) is 16.4. The number of nitrogens with zero attached hydrogens (tertiary/aromatic N) is 1. The van der Waals surface area contributed by atoms with E-state index in [1.54, 1.807) is 0 Å². The number of nitrogens with one attached hydrogen (secondary N) is 1. The van der Waals surface area contributed by atoms with Crippen LogP contribution in [0.4, 0.5) is 18.9 Å². The van der Waals surface area contributed by atoms with E-state index in [9.17, 15) is 28.1 Å². The summed E-state index contributed by atoms with van der Waals surface area (Å²) in [6.45, 7) is -0.161. The van der Waals surface area contributed by atoms with Gasteiger partial charge in [0.15, 0.2) is 0 Å². The smallest absolute Gasteiger partial charge is 0.417 e. The van der Waals surface area contributed by atoms with Crippen molar-refractivity contribution in [2.75, 3.05) is 0 Å². The summed E-state index contributed by atoms with van der Waals surface area (Å²) in [5.74, 6) is -2.12. The number of carbonyl (C=O) groups is 1. The molecule has 0 radical (unpaired) electrons. The van der Waals surface area contributed by atoms with E-state index in [2.05, 4.69) is 15.9 Å². The maximum Gasteiger partial charge on any atom is 0.417 e. The van der Waals surface area contributed by atoms with Crippen molar-refractivity contribution in [3.05, 3.63) is 38.3 Å². The Bertz CT molecular complexity index is 579. The van der Waals surface area contributed by atoms with Gasteiger partial charge in [0.25, 0.3) is 5.69 Å². The maximum absolute atomic E-state index is 12.8. The molecule has 0 saturated heterocycles. The summed E-state index contributed by atoms with van der Waals surface area (Å²) in [7, 11) is 0. The minimum atomic E-state index is -5.05. The van der Waals surface area contributed by atoms with Crippen LogP contribution in [0.5, 0.6) is 0 Å². The molecule has 1 rings (SSSR count). The summed E-state index contributed by atoms with van der Waals surface area (Å²) in [6, 6.07) is 3.78. The molecule has 0 aliphatic heterocycles. The van der Waals surface area contributed by atoms with Crippen molar-refractivity contribution in [1.29, 1.82) is 0 Å². The van der Waals surface area contributed by atoms with Crippen LogP contribution in [0.3, 0.4) is 0 Å². The van der Waals surface area contributed by atoms with Crippen LogP contribution in [-0.2, 0) is 11.3 Å². The number of aliphatic carboxylic acids is 1. The highest BCUT2D eigenvalue weighted by Crippen LogP contribution is 2.31. The molecule has 0 aliphatic rings. The molecule has 0 saturated carbocycles. The number of nitro groups is 1. The summed E-state index contributed by atoms with van der Waals surface area (Å²) in [5.41, 5.74) is -3.67. The Kier molecular flexibility index (Phi) is 4.95. The third kappa shape index (κ3) is 3.70. The topological polar surface area (TPSA) is 92.5 Å². The molecule has 1 unspecified atom stereocenters. The predicted molar refractivity (Wildman–Crippen MR) is 69.7 cm³/mol. The number of rotatable bonds is 5. The number of hydrogen-bond donors (Lipinski definition) is 2. The van der Waals surface area contributed by atoms with Crippen LogP contribution >= 0.6 is 15.9 Å². The molecule has 0 heterocycles. The highest BCUT2D eigenvalue weighted by Gasteiger charge is 2.57. The van der Waals surface area contributed by atoms with Gasteiger partial charge in [-0.2, -0.15) is 13.2 Å². The summed E-state index contributed by atoms with van der Waals surface area (Å²) in [5, 5.41) is 21.4. The first kappa shape index (κ1) is 17.4. The number of halogens is 4. The van der Waals surface area contributed by atoms with Gasteiger partial charge in [0.2, 0.25) is 5.54 Å². The third-order valence-corrected chi connectivity index (χ3v) is 3.36. The Hall–Kier alpha value is -1.68. The van der Waals surface area contributed by atoms with Gasteiger partial charge in [-0.15, -0.1) is 0 Å². The number of hydrogen-bond acceptors (Lipinski definition) is 4. The second-order valence-corrected chi connectivity index (χ2v) is 5.23. The molecular formula is C11H10BrF3N2O4. The number of carboxylic acid groups (broad SMARTS) is 1. The number of nitro benzene ring substituents is 1. The lowest BCUT2D eigenvalue weighted by Gasteiger charge is -2.28. The van der Waals surface area contributed by atoms with E-state index in [1.807, 2.05) is 5.32 Å². The lowest BCUT2D eigenvalue weighted by molar-refractivity contribution is -0.385. The zero-order valence-electron chi connectivity index (χ0n) is 10.6. The van der Waals surface area contributed by atoms with Crippen LogP contribution < -0.4 is 5.32 Å². The molecule has 6 nitrogen and oxygen atoms in total. The molecule has 116 valence electrons. The fourth-order valence-corrected chi connectivity index (χ4v) is 1.77. The van der Waals surface area contributed by atoms with Gasteiger partial charge in [-0.3, -0.25) is 15.4 Å². The molecule has 21 heavy (non-hydrogen) atoms. The number of alkyl halides is 3. The molecule has 1 aromatic rings. The van der Waals surface area contributed by atoms with Crippen molar-refractivity contribution in [2.24, 2.45) is 0 Å². The predicted octanol–water partition coefficient (Wildman–Crippen LogP) is 2.85. The van der Waals surface area contributed by atoms with Crippen LogP contribution in [0.15, 0.2) is 22.7 Å². The first-order valence-corrected chi connectivity index (χ1v) is 6.26. The Balaban J connectivity index is 3.08. The molecule has 0 fully saturated rings. The Labute approximate surface area is 125 Å². The minimum absolute atomic E-state index is 0.0556. The molecule has 0 amide bonds. The van der Waals surface area contributed by atoms with Gasteiger partial charge in [-0.1, -0.05) is 15.9 Å². The Morgan fingerprint density at radius 2 is 2.05 bits per heavy atom. The van der Waals surface area contributed by atoms with E-state index >= 15 is 0 Å². The lowest BCUT2D eigenvalue weighted by atomic mass is 10.0. The van der Waals surface area contributed by atoms with Crippen molar-refractivity contribution in [3.8, 4) is 0 Å². The minimum Gasteiger partial charge on any atom is -0.480 e. The average Bonchev–Trinajstić information content (AvgIpc) is 2.34. The summed E-state index contributed by atoms with van der Waals surface area (Å²) in [4.78, 5) is 20.9. The van der Waals surface area contributed by atoms with Crippen LogP contribution in [0.2, 0.25) is 0 Å². The van der Waals surface area contributed by atoms with Crippen molar-refractivity contribution < 1.29 is 28.0 Å². The molecule has 0 spiro atoms. The average molecular weight is 371 g/mol. The van der Waals surface area contributed by atoms with Gasteiger partial charge in [-0.25, -0.2) is 4.79 Å². The van der Waals surface area contributed by atoms with Crippen LogP contribution in [0.25, 0.3) is 0 Å². The fraction of sp³-hybridized carbons (Fsp3) is 0.364. The first-order chi connectivity index (χ1) is 9.49. The summed E-state index contributed by atoms with van der Waals surface area (Å²) >= 11 is 3.01. The molecule has 1 atom stereocenters. The highest BCUT2D eigenvalue weighted by atomic mass is 79.9. The summed E-state index contributed by atoms with van der Waals surface area (Å²) in [6.07, 6.45) is -5.05. The fourth-order valence-electron chi connectivity index (χ4n) is 1.43. The third-order valence-electron chi connectivity index (χ3n) is 2.87. The van der Waals surface area contributed by atoms with Crippen LogP contribution in [-0.4, -0.2) is 27.7 Å². The number of carboxylic acids is 1. The van der Waals surface area contributed by atoms with E-state index in [1.165, 1.54) is 12.1 Å². The molecule has 2 N–H and O–H groups in total. The monoisotopic (exact) mass is 370 g/mol. The zero-order valence-corrected chi connectivity index (χ0v) is 12.2. The van der Waals surface area contributed by atoms with E-state index < -0.39 is 34.8 Å².